The fourth-order valence-corrected chi connectivity index (χ4v) is 2.15. The summed E-state index contributed by atoms with van der Waals surface area (Å²) in [4.78, 5) is 23.7. The van der Waals surface area contributed by atoms with Crippen LogP contribution in [-0.4, -0.2) is 17.9 Å². The van der Waals surface area contributed by atoms with Gasteiger partial charge in [-0.3, -0.25) is 9.59 Å². The maximum Gasteiger partial charge on any atom is 0.313 e. The molecular formula is C18H19ClN2O3. The summed E-state index contributed by atoms with van der Waals surface area (Å²) in [7, 11) is 0. The Labute approximate surface area is 146 Å². The minimum Gasteiger partial charge on any atom is -0.491 e. The zero-order valence-corrected chi connectivity index (χ0v) is 14.3. The highest BCUT2D eigenvalue weighted by Crippen LogP contribution is 2.20. The number of benzene rings is 2. The van der Waals surface area contributed by atoms with Crippen LogP contribution in [0.3, 0.4) is 0 Å². The largest absolute Gasteiger partial charge is 0.491 e. The lowest BCUT2D eigenvalue weighted by molar-refractivity contribution is -0.136. The third kappa shape index (κ3) is 5.28. The first-order chi connectivity index (χ1) is 11.5. The lowest BCUT2D eigenvalue weighted by Gasteiger charge is -2.10. The van der Waals surface area contributed by atoms with E-state index in [1.54, 1.807) is 24.3 Å². The van der Waals surface area contributed by atoms with Crippen molar-refractivity contribution in [1.29, 1.82) is 0 Å². The number of nitrogens with one attached hydrogen (secondary N) is 2. The molecule has 2 aromatic rings. The first-order valence-corrected chi connectivity index (χ1v) is 7.93. The molecule has 126 valence electrons. The second-order valence-corrected chi connectivity index (χ2v) is 5.83. The molecule has 0 aliphatic heterocycles. The van der Waals surface area contributed by atoms with E-state index in [2.05, 4.69) is 10.6 Å². The van der Waals surface area contributed by atoms with Crippen molar-refractivity contribution in [3.8, 4) is 5.75 Å². The molecule has 0 aliphatic carbocycles. The van der Waals surface area contributed by atoms with Crippen LogP contribution in [0, 0.1) is 0 Å². The van der Waals surface area contributed by atoms with Gasteiger partial charge in [0, 0.05) is 6.54 Å². The fourth-order valence-electron chi connectivity index (χ4n) is 1.96. The summed E-state index contributed by atoms with van der Waals surface area (Å²) < 4.78 is 5.55. The van der Waals surface area contributed by atoms with E-state index in [1.807, 2.05) is 38.1 Å². The van der Waals surface area contributed by atoms with E-state index in [1.165, 1.54) is 0 Å². The number of carbonyl (C=O) groups excluding carboxylic acids is 2. The van der Waals surface area contributed by atoms with E-state index in [4.69, 9.17) is 16.3 Å². The van der Waals surface area contributed by atoms with Crippen molar-refractivity contribution in [3.63, 3.8) is 0 Å². The molecule has 0 unspecified atom stereocenters. The number of hydrogen-bond donors (Lipinski definition) is 2. The van der Waals surface area contributed by atoms with Gasteiger partial charge in [0.05, 0.1) is 16.8 Å². The quantitative estimate of drug-likeness (QED) is 0.815. The molecule has 5 nitrogen and oxygen atoms in total. The van der Waals surface area contributed by atoms with Crippen LogP contribution in [0.25, 0.3) is 0 Å². The summed E-state index contributed by atoms with van der Waals surface area (Å²) in [6.07, 6.45) is 0.101. The van der Waals surface area contributed by atoms with Crippen molar-refractivity contribution >= 4 is 29.1 Å². The van der Waals surface area contributed by atoms with Gasteiger partial charge in [-0.15, -0.1) is 0 Å². The molecule has 0 atom stereocenters. The Kier molecular flexibility index (Phi) is 6.21. The molecule has 0 bridgehead atoms. The Balaban J connectivity index is 1.86. The lowest BCUT2D eigenvalue weighted by atomic mass is 10.2. The Hall–Kier alpha value is -2.53. The Morgan fingerprint density at radius 2 is 1.71 bits per heavy atom. The van der Waals surface area contributed by atoms with E-state index in [9.17, 15) is 9.59 Å². The van der Waals surface area contributed by atoms with E-state index in [0.717, 1.165) is 11.3 Å². The number of carbonyl (C=O) groups is 2. The van der Waals surface area contributed by atoms with Gasteiger partial charge in [-0.05, 0) is 43.7 Å². The third-order valence-electron chi connectivity index (χ3n) is 3.08. The zero-order chi connectivity index (χ0) is 17.5. The SMILES string of the molecule is CC(C)Oc1ccc(CNC(=O)C(=O)Nc2ccccc2Cl)cc1. The normalized spacial score (nSPS) is 10.3. The summed E-state index contributed by atoms with van der Waals surface area (Å²) >= 11 is 5.94. The van der Waals surface area contributed by atoms with Crippen LogP contribution in [0.5, 0.6) is 5.75 Å². The van der Waals surface area contributed by atoms with Crippen molar-refractivity contribution in [2.45, 2.75) is 26.5 Å². The maximum atomic E-state index is 11.9. The van der Waals surface area contributed by atoms with Gasteiger partial charge in [0.2, 0.25) is 0 Å². The van der Waals surface area contributed by atoms with Gasteiger partial charge in [0.1, 0.15) is 5.75 Å². The highest BCUT2D eigenvalue weighted by molar-refractivity contribution is 6.41. The molecule has 0 aromatic heterocycles. The van der Waals surface area contributed by atoms with E-state index in [-0.39, 0.29) is 12.6 Å². The van der Waals surface area contributed by atoms with Crippen molar-refractivity contribution in [2.75, 3.05) is 5.32 Å². The zero-order valence-electron chi connectivity index (χ0n) is 13.5. The molecule has 24 heavy (non-hydrogen) atoms. The maximum absolute atomic E-state index is 11.9. The first kappa shape index (κ1) is 17.8. The first-order valence-electron chi connectivity index (χ1n) is 7.55. The van der Waals surface area contributed by atoms with Crippen LogP contribution in [-0.2, 0) is 16.1 Å². The summed E-state index contributed by atoms with van der Waals surface area (Å²) in [5.74, 6) is -0.725. The molecular weight excluding hydrogens is 328 g/mol. The fraction of sp³-hybridized carbons (Fsp3) is 0.222. The standard InChI is InChI=1S/C18H19ClN2O3/c1-12(2)24-14-9-7-13(8-10-14)11-20-17(22)18(23)21-16-6-4-3-5-15(16)19/h3-10,12H,11H2,1-2H3,(H,20,22)(H,21,23). The average Bonchev–Trinajstić information content (AvgIpc) is 2.55. The van der Waals surface area contributed by atoms with Crippen LogP contribution in [0.1, 0.15) is 19.4 Å². The molecule has 2 aromatic carbocycles. The Bertz CT molecular complexity index is 714. The van der Waals surface area contributed by atoms with Crippen LogP contribution in [0.4, 0.5) is 5.69 Å². The molecule has 0 saturated carbocycles. The van der Waals surface area contributed by atoms with Crippen molar-refractivity contribution in [3.05, 3.63) is 59.1 Å². The number of rotatable bonds is 5. The van der Waals surface area contributed by atoms with E-state index < -0.39 is 11.8 Å². The molecule has 2 amide bonds. The second kappa shape index (κ2) is 8.36. The van der Waals surface area contributed by atoms with Crippen molar-refractivity contribution in [2.24, 2.45) is 0 Å². The number of hydrogen-bond acceptors (Lipinski definition) is 3. The molecule has 0 spiro atoms. The van der Waals surface area contributed by atoms with E-state index >= 15 is 0 Å². The molecule has 2 N–H and O–H groups in total. The monoisotopic (exact) mass is 346 g/mol. The van der Waals surface area contributed by atoms with Gasteiger partial charge in [-0.25, -0.2) is 0 Å². The summed E-state index contributed by atoms with van der Waals surface area (Å²) in [5.41, 5.74) is 1.26. The van der Waals surface area contributed by atoms with Gasteiger partial charge < -0.3 is 15.4 Å². The smallest absolute Gasteiger partial charge is 0.313 e. The average molecular weight is 347 g/mol. The number of para-hydroxylation sites is 1. The number of amides is 2. The predicted molar refractivity (Wildman–Crippen MR) is 94.1 cm³/mol. The summed E-state index contributed by atoms with van der Waals surface area (Å²) in [6.45, 7) is 4.15. The minimum absolute atomic E-state index is 0.101. The van der Waals surface area contributed by atoms with Gasteiger partial charge in [-0.1, -0.05) is 35.9 Å². The molecule has 0 saturated heterocycles. The highest BCUT2D eigenvalue weighted by atomic mass is 35.5. The highest BCUT2D eigenvalue weighted by Gasteiger charge is 2.14. The van der Waals surface area contributed by atoms with Crippen LogP contribution in [0.2, 0.25) is 5.02 Å². The van der Waals surface area contributed by atoms with Gasteiger partial charge in [-0.2, -0.15) is 0 Å². The summed E-state index contributed by atoms with van der Waals surface area (Å²) in [6, 6.07) is 14.0. The van der Waals surface area contributed by atoms with Crippen molar-refractivity contribution < 1.29 is 14.3 Å². The molecule has 0 radical (unpaired) electrons. The van der Waals surface area contributed by atoms with Crippen LogP contribution in [0.15, 0.2) is 48.5 Å². The van der Waals surface area contributed by atoms with E-state index in [0.29, 0.717) is 10.7 Å². The number of ether oxygens (including phenoxy) is 1. The predicted octanol–water partition coefficient (Wildman–Crippen LogP) is 3.38. The van der Waals surface area contributed by atoms with Crippen molar-refractivity contribution in [1.82, 2.24) is 5.32 Å². The Morgan fingerprint density at radius 1 is 1.04 bits per heavy atom. The minimum atomic E-state index is -0.761. The van der Waals surface area contributed by atoms with Gasteiger partial charge in [0.25, 0.3) is 0 Å². The third-order valence-corrected chi connectivity index (χ3v) is 3.41. The topological polar surface area (TPSA) is 67.4 Å². The van der Waals surface area contributed by atoms with Crippen LogP contribution >= 0.6 is 11.6 Å². The van der Waals surface area contributed by atoms with Gasteiger partial charge >= 0.3 is 11.8 Å². The number of anilines is 1. The number of halogens is 1. The second-order valence-electron chi connectivity index (χ2n) is 5.43. The molecule has 6 heteroatoms. The molecule has 0 heterocycles. The lowest BCUT2D eigenvalue weighted by Crippen LogP contribution is -2.35. The van der Waals surface area contributed by atoms with Crippen LogP contribution < -0.4 is 15.4 Å². The Morgan fingerprint density at radius 3 is 2.33 bits per heavy atom. The molecule has 0 aliphatic rings. The molecule has 0 fully saturated rings. The summed E-state index contributed by atoms with van der Waals surface area (Å²) in [5, 5.41) is 5.41. The van der Waals surface area contributed by atoms with Gasteiger partial charge in [0.15, 0.2) is 0 Å². The molecule has 2 rings (SSSR count).